The SMILES string of the molecule is Nc1cc(OCc2cc(C(=O)NCc3ccccc3)ccc2F)c2c(n1)NNN2. The van der Waals surface area contributed by atoms with Gasteiger partial charge in [0.2, 0.25) is 0 Å². The van der Waals surface area contributed by atoms with Crippen molar-refractivity contribution in [1.82, 2.24) is 15.8 Å². The third-order valence-corrected chi connectivity index (χ3v) is 4.36. The average Bonchev–Trinajstić information content (AvgIpc) is 3.20. The summed E-state index contributed by atoms with van der Waals surface area (Å²) in [4.78, 5) is 16.5. The van der Waals surface area contributed by atoms with Gasteiger partial charge in [-0.2, -0.15) is 0 Å². The summed E-state index contributed by atoms with van der Waals surface area (Å²) < 4.78 is 20.0. The molecule has 0 fully saturated rings. The molecule has 1 aliphatic heterocycles. The summed E-state index contributed by atoms with van der Waals surface area (Å²) >= 11 is 0. The van der Waals surface area contributed by atoms with Crippen LogP contribution >= 0.6 is 0 Å². The summed E-state index contributed by atoms with van der Waals surface area (Å²) in [6.45, 7) is 0.306. The van der Waals surface area contributed by atoms with Crippen LogP contribution in [0.15, 0.2) is 54.6 Å². The fourth-order valence-corrected chi connectivity index (χ4v) is 2.88. The minimum atomic E-state index is -0.465. The van der Waals surface area contributed by atoms with E-state index >= 15 is 0 Å². The number of nitrogen functional groups attached to an aromatic ring is 1. The fourth-order valence-electron chi connectivity index (χ4n) is 2.88. The number of benzene rings is 2. The largest absolute Gasteiger partial charge is 0.486 e. The highest BCUT2D eigenvalue weighted by atomic mass is 19.1. The molecule has 148 valence electrons. The van der Waals surface area contributed by atoms with E-state index in [4.69, 9.17) is 10.5 Å². The number of fused-ring (bicyclic) bond motifs is 1. The fraction of sp³-hybridized carbons (Fsp3) is 0.100. The highest BCUT2D eigenvalue weighted by Gasteiger charge is 2.18. The number of carbonyl (C=O) groups excluding carboxylic acids is 1. The Bertz CT molecular complexity index is 1040. The molecular formula is C20H19FN6O2. The molecule has 0 radical (unpaired) electrons. The van der Waals surface area contributed by atoms with E-state index in [-0.39, 0.29) is 23.9 Å². The van der Waals surface area contributed by atoms with Crippen molar-refractivity contribution in [1.29, 1.82) is 0 Å². The van der Waals surface area contributed by atoms with Crippen LogP contribution in [0.5, 0.6) is 5.75 Å². The van der Waals surface area contributed by atoms with Gasteiger partial charge in [-0.3, -0.25) is 15.6 Å². The van der Waals surface area contributed by atoms with Crippen LogP contribution in [-0.2, 0) is 13.2 Å². The topological polar surface area (TPSA) is 113 Å². The first-order valence-electron chi connectivity index (χ1n) is 8.91. The molecule has 2 aromatic carbocycles. The number of amides is 1. The van der Waals surface area contributed by atoms with Gasteiger partial charge in [0.25, 0.3) is 5.91 Å². The van der Waals surface area contributed by atoms with Gasteiger partial charge >= 0.3 is 0 Å². The zero-order valence-electron chi connectivity index (χ0n) is 15.3. The molecule has 0 bridgehead atoms. The van der Waals surface area contributed by atoms with E-state index in [0.717, 1.165) is 5.56 Å². The minimum absolute atomic E-state index is 0.0801. The predicted octanol–water partition coefficient (Wildman–Crippen LogP) is 2.57. The van der Waals surface area contributed by atoms with E-state index in [1.807, 2.05) is 30.3 Å². The van der Waals surface area contributed by atoms with Crippen LogP contribution in [0.2, 0.25) is 0 Å². The number of carbonyl (C=O) groups is 1. The first-order valence-corrected chi connectivity index (χ1v) is 8.91. The first-order chi connectivity index (χ1) is 14.1. The van der Waals surface area contributed by atoms with E-state index in [1.165, 1.54) is 24.3 Å². The lowest BCUT2D eigenvalue weighted by atomic mass is 10.1. The zero-order chi connectivity index (χ0) is 20.2. The van der Waals surface area contributed by atoms with Gasteiger partial charge in [0.05, 0.1) is 0 Å². The van der Waals surface area contributed by atoms with E-state index in [0.29, 0.717) is 29.4 Å². The summed E-state index contributed by atoms with van der Waals surface area (Å²) in [5.41, 5.74) is 16.2. The van der Waals surface area contributed by atoms with Gasteiger partial charge in [-0.1, -0.05) is 30.3 Å². The number of nitrogens with two attached hydrogens (primary N) is 1. The quantitative estimate of drug-likeness (QED) is 0.437. The molecular weight excluding hydrogens is 375 g/mol. The van der Waals surface area contributed by atoms with E-state index in [1.54, 1.807) is 0 Å². The number of pyridine rings is 1. The number of aromatic nitrogens is 1. The van der Waals surface area contributed by atoms with Crippen molar-refractivity contribution in [2.45, 2.75) is 13.2 Å². The molecule has 6 N–H and O–H groups in total. The average molecular weight is 394 g/mol. The van der Waals surface area contributed by atoms with Gasteiger partial charge in [-0.25, -0.2) is 9.37 Å². The lowest BCUT2D eigenvalue weighted by molar-refractivity contribution is 0.0950. The summed E-state index contributed by atoms with van der Waals surface area (Å²) in [5, 5.41) is 2.82. The van der Waals surface area contributed by atoms with Crippen molar-refractivity contribution in [3.63, 3.8) is 0 Å². The molecule has 8 nitrogen and oxygen atoms in total. The van der Waals surface area contributed by atoms with Crippen molar-refractivity contribution in [3.8, 4) is 5.75 Å². The Labute approximate surface area is 166 Å². The Morgan fingerprint density at radius 2 is 1.97 bits per heavy atom. The van der Waals surface area contributed by atoms with E-state index < -0.39 is 5.82 Å². The van der Waals surface area contributed by atoms with Crippen molar-refractivity contribution in [2.24, 2.45) is 0 Å². The first kappa shape index (κ1) is 18.5. The third-order valence-electron chi connectivity index (χ3n) is 4.36. The third kappa shape index (κ3) is 4.19. The minimum Gasteiger partial charge on any atom is -0.486 e. The molecule has 0 aliphatic carbocycles. The molecule has 0 saturated carbocycles. The molecule has 0 saturated heterocycles. The van der Waals surface area contributed by atoms with Crippen molar-refractivity contribution in [2.75, 3.05) is 16.6 Å². The second-order valence-electron chi connectivity index (χ2n) is 6.41. The molecule has 1 amide bonds. The number of halogens is 1. The highest BCUT2D eigenvalue weighted by Crippen LogP contribution is 2.35. The number of rotatable bonds is 6. The van der Waals surface area contributed by atoms with Crippen LogP contribution in [0.1, 0.15) is 21.5 Å². The highest BCUT2D eigenvalue weighted by molar-refractivity contribution is 5.94. The number of anilines is 3. The number of hydrazine groups is 2. The number of hydrogen-bond acceptors (Lipinski definition) is 7. The van der Waals surface area contributed by atoms with Gasteiger partial charge in [0.15, 0.2) is 11.6 Å². The lowest BCUT2D eigenvalue weighted by Crippen LogP contribution is -2.23. The van der Waals surface area contributed by atoms with Crippen LogP contribution in [0, 0.1) is 5.82 Å². The maximum Gasteiger partial charge on any atom is 0.251 e. The number of nitrogens with one attached hydrogen (secondary N) is 4. The normalized spacial score (nSPS) is 11.9. The van der Waals surface area contributed by atoms with Gasteiger partial charge < -0.3 is 15.8 Å². The predicted molar refractivity (Wildman–Crippen MR) is 107 cm³/mol. The second-order valence-corrected chi connectivity index (χ2v) is 6.41. The molecule has 0 atom stereocenters. The Morgan fingerprint density at radius 1 is 1.14 bits per heavy atom. The summed E-state index contributed by atoms with van der Waals surface area (Å²) in [5.74, 6) is 0.385. The monoisotopic (exact) mass is 394 g/mol. The van der Waals surface area contributed by atoms with Crippen molar-refractivity contribution < 1.29 is 13.9 Å². The van der Waals surface area contributed by atoms with Crippen LogP contribution in [0.25, 0.3) is 0 Å². The Balaban J connectivity index is 1.45. The van der Waals surface area contributed by atoms with E-state index in [9.17, 15) is 9.18 Å². The number of nitrogens with zero attached hydrogens (tertiary/aromatic N) is 1. The Hall–Kier alpha value is -3.85. The van der Waals surface area contributed by atoms with Gasteiger partial charge in [-0.15, -0.1) is 5.53 Å². The molecule has 0 spiro atoms. The molecule has 1 aliphatic rings. The smallest absolute Gasteiger partial charge is 0.251 e. The maximum atomic E-state index is 14.3. The second kappa shape index (κ2) is 8.03. The summed E-state index contributed by atoms with van der Waals surface area (Å²) in [7, 11) is 0. The summed E-state index contributed by atoms with van der Waals surface area (Å²) in [6.07, 6.45) is 0. The van der Waals surface area contributed by atoms with Crippen molar-refractivity contribution >= 4 is 23.2 Å². The van der Waals surface area contributed by atoms with Crippen LogP contribution < -0.4 is 32.2 Å². The van der Waals surface area contributed by atoms with Gasteiger partial charge in [-0.05, 0) is 23.8 Å². The lowest BCUT2D eigenvalue weighted by Gasteiger charge is -2.12. The molecule has 2 heterocycles. The van der Waals surface area contributed by atoms with Gasteiger partial charge in [0.1, 0.15) is 23.9 Å². The van der Waals surface area contributed by atoms with Gasteiger partial charge in [0, 0.05) is 23.7 Å². The number of ether oxygens (including phenoxy) is 1. The molecule has 4 rings (SSSR count). The molecule has 9 heteroatoms. The Kier molecular flexibility index (Phi) is 5.12. The van der Waals surface area contributed by atoms with Crippen LogP contribution in [0.3, 0.4) is 0 Å². The molecule has 3 aromatic rings. The number of hydrogen-bond donors (Lipinski definition) is 5. The molecule has 1 aromatic heterocycles. The molecule has 29 heavy (non-hydrogen) atoms. The van der Waals surface area contributed by atoms with Crippen molar-refractivity contribution in [3.05, 3.63) is 77.1 Å². The zero-order valence-corrected chi connectivity index (χ0v) is 15.3. The van der Waals surface area contributed by atoms with Crippen LogP contribution in [-0.4, -0.2) is 10.9 Å². The Morgan fingerprint density at radius 3 is 2.79 bits per heavy atom. The summed E-state index contributed by atoms with van der Waals surface area (Å²) in [6, 6.07) is 15.3. The standard InChI is InChI=1S/C20H19FN6O2/c21-15-7-6-13(20(28)23-10-12-4-2-1-3-5-12)8-14(15)11-29-16-9-17(22)24-19-18(16)25-27-26-19/h1-9,25,27H,10-11H2,(H,23,28)(H3,22,24,26). The maximum absolute atomic E-state index is 14.3. The van der Waals surface area contributed by atoms with E-state index in [2.05, 4.69) is 26.7 Å². The molecule has 0 unspecified atom stereocenters. The van der Waals surface area contributed by atoms with Crippen LogP contribution in [0.4, 0.5) is 21.7 Å².